The molecule has 3 aromatic carbocycles. The summed E-state index contributed by atoms with van der Waals surface area (Å²) >= 11 is 1.67. The van der Waals surface area contributed by atoms with E-state index in [-0.39, 0.29) is 23.5 Å². The van der Waals surface area contributed by atoms with Crippen LogP contribution in [0.1, 0.15) is 34.6 Å². The molecule has 1 aliphatic heterocycles. The third-order valence-electron chi connectivity index (χ3n) is 5.50. The first-order valence-electron chi connectivity index (χ1n) is 10.5. The zero-order chi connectivity index (χ0) is 22.9. The Kier molecular flexibility index (Phi) is 5.72. The Balaban J connectivity index is 1.42. The summed E-state index contributed by atoms with van der Waals surface area (Å²) in [6.07, 6.45) is 0. The van der Waals surface area contributed by atoms with Gasteiger partial charge in [-0.25, -0.2) is 18.5 Å². The molecular formula is C26H21F2N3OS. The summed E-state index contributed by atoms with van der Waals surface area (Å²) in [6.45, 7) is 4.11. The van der Waals surface area contributed by atoms with Crippen molar-refractivity contribution in [3.05, 3.63) is 107 Å². The molecule has 1 atom stereocenters. The topological polar surface area (TPSA) is 39.4 Å². The molecule has 166 valence electrons. The molecule has 5 rings (SSSR count). The summed E-state index contributed by atoms with van der Waals surface area (Å²) in [5.74, 6) is 0.873. The van der Waals surface area contributed by atoms with Gasteiger partial charge in [-0.05, 0) is 61.9 Å². The normalized spacial score (nSPS) is 15.2. The molecule has 0 N–H and O–H groups in total. The monoisotopic (exact) mass is 461 g/mol. The predicted molar refractivity (Wildman–Crippen MR) is 128 cm³/mol. The molecule has 0 bridgehead atoms. The number of benzene rings is 3. The van der Waals surface area contributed by atoms with Crippen LogP contribution in [0.15, 0.2) is 77.8 Å². The second-order valence-corrected chi connectivity index (χ2v) is 9.09. The van der Waals surface area contributed by atoms with Crippen molar-refractivity contribution in [2.75, 3.05) is 0 Å². The lowest BCUT2D eigenvalue weighted by Crippen LogP contribution is -2.06. The van der Waals surface area contributed by atoms with Gasteiger partial charge in [0.2, 0.25) is 0 Å². The average molecular weight is 462 g/mol. The molecule has 4 aromatic rings. The van der Waals surface area contributed by atoms with E-state index in [0.717, 1.165) is 33.4 Å². The Labute approximate surface area is 194 Å². The maximum atomic E-state index is 13.8. The third kappa shape index (κ3) is 4.28. The Morgan fingerprint density at radius 1 is 0.939 bits per heavy atom. The van der Waals surface area contributed by atoms with Crippen LogP contribution >= 0.6 is 11.8 Å². The maximum Gasteiger partial charge on any atom is 0.161 e. The van der Waals surface area contributed by atoms with E-state index in [9.17, 15) is 8.78 Å². The zero-order valence-electron chi connectivity index (χ0n) is 18.1. The standard InChI is InChI=1S/C26H21F2N3OS/c1-16-24-25(18-7-13-22(14-8-18)32-15-19-5-3-4-6-23(19)28)33-17(2)29-26(24)31(30-16)21-11-9-20(27)10-12-21/h3-14,25H,15H2,1-2H3/t25-/m1/s1. The van der Waals surface area contributed by atoms with Gasteiger partial charge in [-0.1, -0.05) is 42.1 Å². The van der Waals surface area contributed by atoms with Crippen molar-refractivity contribution in [2.24, 2.45) is 4.99 Å². The van der Waals surface area contributed by atoms with Crippen LogP contribution in [0.25, 0.3) is 5.69 Å². The molecule has 33 heavy (non-hydrogen) atoms. The van der Waals surface area contributed by atoms with Gasteiger partial charge in [0.1, 0.15) is 24.0 Å². The molecule has 0 spiro atoms. The van der Waals surface area contributed by atoms with Crippen molar-refractivity contribution >= 4 is 22.6 Å². The van der Waals surface area contributed by atoms with Crippen LogP contribution in [0.2, 0.25) is 0 Å². The SMILES string of the molecule is CC1=Nc2c(c(C)nn2-c2ccc(F)cc2)[C@@H](c2ccc(OCc3ccccc3F)cc2)S1. The highest BCUT2D eigenvalue weighted by Crippen LogP contribution is 2.47. The maximum absolute atomic E-state index is 13.8. The van der Waals surface area contributed by atoms with Gasteiger partial charge in [0.05, 0.1) is 21.7 Å². The molecule has 0 unspecified atom stereocenters. The van der Waals surface area contributed by atoms with E-state index < -0.39 is 0 Å². The van der Waals surface area contributed by atoms with E-state index in [1.165, 1.54) is 18.2 Å². The summed E-state index contributed by atoms with van der Waals surface area (Å²) in [7, 11) is 0. The molecule has 4 nitrogen and oxygen atoms in total. The smallest absolute Gasteiger partial charge is 0.161 e. The number of aryl methyl sites for hydroxylation is 1. The molecule has 0 saturated heterocycles. The third-order valence-corrected chi connectivity index (χ3v) is 6.68. The summed E-state index contributed by atoms with van der Waals surface area (Å²) in [4.78, 5) is 4.76. The molecule has 0 radical (unpaired) electrons. The first-order valence-corrected chi connectivity index (χ1v) is 11.4. The predicted octanol–water partition coefficient (Wildman–Crippen LogP) is 6.92. The Hall–Kier alpha value is -3.45. The van der Waals surface area contributed by atoms with Gasteiger partial charge in [-0.3, -0.25) is 0 Å². The second kappa shape index (κ2) is 8.83. The van der Waals surface area contributed by atoms with E-state index in [1.807, 2.05) is 38.1 Å². The lowest BCUT2D eigenvalue weighted by molar-refractivity contribution is 0.300. The number of nitrogens with zero attached hydrogens (tertiary/aromatic N) is 3. The van der Waals surface area contributed by atoms with Crippen molar-refractivity contribution in [3.8, 4) is 11.4 Å². The van der Waals surface area contributed by atoms with Crippen molar-refractivity contribution in [2.45, 2.75) is 25.7 Å². The van der Waals surface area contributed by atoms with Crippen LogP contribution in [-0.4, -0.2) is 14.8 Å². The number of halogens is 2. The van der Waals surface area contributed by atoms with Crippen LogP contribution in [0.4, 0.5) is 14.6 Å². The largest absolute Gasteiger partial charge is 0.489 e. The fourth-order valence-corrected chi connectivity index (χ4v) is 5.03. The number of rotatable bonds is 5. The number of hydrogen-bond donors (Lipinski definition) is 0. The van der Waals surface area contributed by atoms with Gasteiger partial charge in [0.25, 0.3) is 0 Å². The van der Waals surface area contributed by atoms with Crippen molar-refractivity contribution in [3.63, 3.8) is 0 Å². The summed E-state index contributed by atoms with van der Waals surface area (Å²) < 4.78 is 34.8. The lowest BCUT2D eigenvalue weighted by Gasteiger charge is -2.22. The summed E-state index contributed by atoms with van der Waals surface area (Å²) in [5, 5.41) is 5.65. The molecule has 2 heterocycles. The minimum Gasteiger partial charge on any atom is -0.489 e. The van der Waals surface area contributed by atoms with Gasteiger partial charge in [-0.15, -0.1) is 0 Å². The van der Waals surface area contributed by atoms with E-state index in [4.69, 9.17) is 14.8 Å². The highest BCUT2D eigenvalue weighted by molar-refractivity contribution is 8.14. The van der Waals surface area contributed by atoms with Crippen molar-refractivity contribution < 1.29 is 13.5 Å². The van der Waals surface area contributed by atoms with Crippen LogP contribution in [-0.2, 0) is 6.61 Å². The van der Waals surface area contributed by atoms with E-state index in [2.05, 4.69) is 0 Å². The van der Waals surface area contributed by atoms with Gasteiger partial charge in [0, 0.05) is 11.1 Å². The second-order valence-electron chi connectivity index (χ2n) is 7.79. The van der Waals surface area contributed by atoms with E-state index >= 15 is 0 Å². The molecule has 0 amide bonds. The fraction of sp³-hybridized carbons (Fsp3) is 0.154. The number of hydrogen-bond acceptors (Lipinski definition) is 4. The number of aliphatic imine (C=N–C) groups is 1. The number of fused-ring (bicyclic) bond motifs is 1. The Morgan fingerprint density at radius 3 is 2.39 bits per heavy atom. The number of aromatic nitrogens is 2. The number of thioether (sulfide) groups is 1. The molecular weight excluding hydrogens is 440 g/mol. The minimum absolute atomic E-state index is 0.0207. The van der Waals surface area contributed by atoms with Gasteiger partial charge in [-0.2, -0.15) is 5.10 Å². The van der Waals surface area contributed by atoms with Crippen molar-refractivity contribution in [1.29, 1.82) is 0 Å². The Morgan fingerprint density at radius 2 is 1.67 bits per heavy atom. The van der Waals surface area contributed by atoms with Crippen molar-refractivity contribution in [1.82, 2.24) is 9.78 Å². The highest BCUT2D eigenvalue weighted by atomic mass is 32.2. The van der Waals surface area contributed by atoms with Crippen LogP contribution in [0, 0.1) is 18.6 Å². The molecule has 0 fully saturated rings. The highest BCUT2D eigenvalue weighted by Gasteiger charge is 2.30. The first kappa shape index (κ1) is 21.4. The zero-order valence-corrected chi connectivity index (χ0v) is 18.9. The molecule has 0 saturated carbocycles. The number of ether oxygens (including phenoxy) is 1. The van der Waals surface area contributed by atoms with Crippen LogP contribution in [0.5, 0.6) is 5.75 Å². The van der Waals surface area contributed by atoms with Gasteiger partial charge in [0.15, 0.2) is 5.82 Å². The summed E-state index contributed by atoms with van der Waals surface area (Å²) in [6, 6.07) is 20.7. The van der Waals surface area contributed by atoms with E-state index in [1.54, 1.807) is 46.8 Å². The van der Waals surface area contributed by atoms with Crippen LogP contribution < -0.4 is 4.74 Å². The Bertz CT molecular complexity index is 1330. The van der Waals surface area contributed by atoms with Gasteiger partial charge >= 0.3 is 0 Å². The minimum atomic E-state index is -0.290. The quantitative estimate of drug-likeness (QED) is 0.324. The molecule has 0 aliphatic carbocycles. The van der Waals surface area contributed by atoms with E-state index in [0.29, 0.717) is 11.3 Å². The molecule has 1 aromatic heterocycles. The average Bonchev–Trinajstić information content (AvgIpc) is 3.15. The fourth-order valence-electron chi connectivity index (χ4n) is 3.86. The lowest BCUT2D eigenvalue weighted by atomic mass is 10.0. The molecule has 7 heteroatoms. The van der Waals surface area contributed by atoms with Crippen LogP contribution in [0.3, 0.4) is 0 Å². The summed E-state index contributed by atoms with van der Waals surface area (Å²) in [5.41, 5.74) is 4.29. The van der Waals surface area contributed by atoms with Gasteiger partial charge < -0.3 is 4.74 Å². The molecule has 1 aliphatic rings. The first-order chi connectivity index (χ1) is 16.0.